The minimum Gasteiger partial charge on any atom is -0.351 e. The topological polar surface area (TPSA) is 44.5 Å². The first-order valence-corrected chi connectivity index (χ1v) is 6.91. The van der Waals surface area contributed by atoms with Gasteiger partial charge in [0.25, 0.3) is 0 Å². The fourth-order valence-corrected chi connectivity index (χ4v) is 3.09. The molecular formula is C14H22N4. The highest BCUT2D eigenvalue weighted by Gasteiger charge is 2.33. The van der Waals surface area contributed by atoms with Gasteiger partial charge in [0.2, 0.25) is 0 Å². The third-order valence-corrected chi connectivity index (χ3v) is 3.97. The van der Waals surface area contributed by atoms with Crippen molar-refractivity contribution in [3.8, 4) is 0 Å². The number of piperidine rings is 1. The van der Waals surface area contributed by atoms with Crippen LogP contribution in [0.5, 0.6) is 0 Å². The largest absolute Gasteiger partial charge is 0.351 e. The number of anilines is 2. The summed E-state index contributed by atoms with van der Waals surface area (Å²) in [6.45, 7) is 5.35. The zero-order valence-corrected chi connectivity index (χ0v) is 11.0. The second-order valence-corrected chi connectivity index (χ2v) is 5.22. The molecule has 2 heterocycles. The third-order valence-electron chi connectivity index (χ3n) is 3.97. The summed E-state index contributed by atoms with van der Waals surface area (Å²) in [5.74, 6) is 0. The molecule has 1 unspecified atom stereocenters. The van der Waals surface area contributed by atoms with Crippen molar-refractivity contribution in [2.24, 2.45) is 5.73 Å². The summed E-state index contributed by atoms with van der Waals surface area (Å²) in [7, 11) is 0. The van der Waals surface area contributed by atoms with Crippen LogP contribution in [0.4, 0.5) is 11.4 Å². The molecule has 2 atom stereocenters. The van der Waals surface area contributed by atoms with Crippen LogP contribution in [0.25, 0.3) is 0 Å². The van der Waals surface area contributed by atoms with Crippen molar-refractivity contribution in [2.45, 2.75) is 32.1 Å². The number of rotatable bonds is 2. The number of para-hydroxylation sites is 2. The Morgan fingerprint density at radius 1 is 1.39 bits per heavy atom. The fourth-order valence-electron chi connectivity index (χ4n) is 3.09. The SMILES string of the molecule is CCN1c2ccccc2NC1N1CCC[C@H](N)C1. The maximum Gasteiger partial charge on any atom is 0.158 e. The first kappa shape index (κ1) is 11.8. The van der Waals surface area contributed by atoms with Gasteiger partial charge in [-0.3, -0.25) is 4.90 Å². The maximum atomic E-state index is 6.10. The molecule has 3 rings (SSSR count). The average molecular weight is 246 g/mol. The Balaban J connectivity index is 1.82. The maximum absolute atomic E-state index is 6.10. The van der Waals surface area contributed by atoms with Crippen LogP contribution in [0.2, 0.25) is 0 Å². The van der Waals surface area contributed by atoms with Gasteiger partial charge in [-0.1, -0.05) is 12.1 Å². The van der Waals surface area contributed by atoms with E-state index in [0.29, 0.717) is 6.04 Å². The average Bonchev–Trinajstić information content (AvgIpc) is 2.77. The lowest BCUT2D eigenvalue weighted by atomic mass is 10.1. The van der Waals surface area contributed by atoms with E-state index < -0.39 is 0 Å². The van der Waals surface area contributed by atoms with Gasteiger partial charge in [-0.2, -0.15) is 0 Å². The molecule has 18 heavy (non-hydrogen) atoms. The summed E-state index contributed by atoms with van der Waals surface area (Å²) in [5, 5.41) is 3.62. The van der Waals surface area contributed by atoms with Gasteiger partial charge in [0.15, 0.2) is 6.29 Å². The monoisotopic (exact) mass is 246 g/mol. The molecular weight excluding hydrogens is 224 g/mol. The van der Waals surface area contributed by atoms with Gasteiger partial charge in [-0.25, -0.2) is 0 Å². The Kier molecular flexibility index (Phi) is 3.14. The Bertz CT molecular complexity index is 420. The number of hydrogen-bond donors (Lipinski definition) is 2. The lowest BCUT2D eigenvalue weighted by molar-refractivity contribution is 0.164. The molecule has 4 heteroatoms. The number of benzene rings is 1. The molecule has 2 aliphatic rings. The van der Waals surface area contributed by atoms with E-state index in [9.17, 15) is 0 Å². The predicted octanol–water partition coefficient (Wildman–Crippen LogP) is 1.65. The van der Waals surface area contributed by atoms with Crippen LogP contribution < -0.4 is 16.0 Å². The molecule has 2 aliphatic heterocycles. The van der Waals surface area contributed by atoms with Gasteiger partial charge in [0.1, 0.15) is 0 Å². The van der Waals surface area contributed by atoms with Crippen LogP contribution in [0.15, 0.2) is 24.3 Å². The Morgan fingerprint density at radius 3 is 3.00 bits per heavy atom. The standard InChI is InChI=1S/C14H22N4/c1-2-18-13-8-4-3-7-12(13)16-14(18)17-9-5-6-11(15)10-17/h3-4,7-8,11,14,16H,2,5-6,9-10,15H2,1H3/t11-,14?/m0/s1. The molecule has 0 amide bonds. The molecule has 98 valence electrons. The summed E-state index contributed by atoms with van der Waals surface area (Å²) in [6.07, 6.45) is 2.63. The molecule has 0 radical (unpaired) electrons. The molecule has 1 aromatic carbocycles. The van der Waals surface area contributed by atoms with Gasteiger partial charge in [-0.15, -0.1) is 0 Å². The van der Waals surface area contributed by atoms with Crippen molar-refractivity contribution >= 4 is 11.4 Å². The van der Waals surface area contributed by atoms with E-state index in [0.717, 1.165) is 26.1 Å². The van der Waals surface area contributed by atoms with Crippen molar-refractivity contribution in [2.75, 3.05) is 29.9 Å². The van der Waals surface area contributed by atoms with Crippen LogP contribution in [-0.2, 0) is 0 Å². The zero-order valence-electron chi connectivity index (χ0n) is 11.0. The van der Waals surface area contributed by atoms with Gasteiger partial charge in [0.05, 0.1) is 11.4 Å². The summed E-state index contributed by atoms with van der Waals surface area (Å²) >= 11 is 0. The minimum atomic E-state index is 0.277. The van der Waals surface area contributed by atoms with Crippen molar-refractivity contribution in [3.63, 3.8) is 0 Å². The van der Waals surface area contributed by atoms with Gasteiger partial charge < -0.3 is 16.0 Å². The van der Waals surface area contributed by atoms with E-state index in [1.54, 1.807) is 0 Å². The number of likely N-dealkylation sites (tertiary alicyclic amines) is 1. The van der Waals surface area contributed by atoms with E-state index in [2.05, 4.69) is 46.3 Å². The zero-order chi connectivity index (χ0) is 12.5. The number of hydrogen-bond acceptors (Lipinski definition) is 4. The molecule has 1 saturated heterocycles. The fraction of sp³-hybridized carbons (Fsp3) is 0.571. The number of nitrogens with two attached hydrogens (primary N) is 1. The lowest BCUT2D eigenvalue weighted by Crippen LogP contribution is -2.55. The second-order valence-electron chi connectivity index (χ2n) is 5.22. The van der Waals surface area contributed by atoms with Crippen molar-refractivity contribution in [3.05, 3.63) is 24.3 Å². The van der Waals surface area contributed by atoms with Crippen molar-refractivity contribution in [1.82, 2.24) is 4.90 Å². The van der Waals surface area contributed by atoms with Crippen LogP contribution in [0.1, 0.15) is 19.8 Å². The molecule has 0 bridgehead atoms. The quantitative estimate of drug-likeness (QED) is 0.833. The Hall–Kier alpha value is -1.26. The molecule has 0 aliphatic carbocycles. The summed E-state index contributed by atoms with van der Waals surface area (Å²) < 4.78 is 0. The highest BCUT2D eigenvalue weighted by molar-refractivity contribution is 5.75. The van der Waals surface area contributed by atoms with Gasteiger partial charge >= 0.3 is 0 Å². The summed E-state index contributed by atoms with van der Waals surface area (Å²) in [6, 6.07) is 8.86. The van der Waals surface area contributed by atoms with Crippen LogP contribution >= 0.6 is 0 Å². The molecule has 0 aromatic heterocycles. The number of nitrogens with zero attached hydrogens (tertiary/aromatic N) is 2. The van der Waals surface area contributed by atoms with Crippen molar-refractivity contribution < 1.29 is 0 Å². The molecule has 1 fully saturated rings. The van der Waals surface area contributed by atoms with E-state index >= 15 is 0 Å². The molecule has 4 nitrogen and oxygen atoms in total. The highest BCUT2D eigenvalue weighted by atomic mass is 15.5. The number of nitrogens with one attached hydrogen (secondary N) is 1. The first-order valence-electron chi connectivity index (χ1n) is 6.91. The molecule has 0 saturated carbocycles. The third kappa shape index (κ3) is 1.95. The van der Waals surface area contributed by atoms with Crippen LogP contribution in [0.3, 0.4) is 0 Å². The van der Waals surface area contributed by atoms with Crippen molar-refractivity contribution in [1.29, 1.82) is 0 Å². The molecule has 3 N–H and O–H groups in total. The van der Waals surface area contributed by atoms with Crippen LogP contribution in [0, 0.1) is 0 Å². The van der Waals surface area contributed by atoms with Gasteiger partial charge in [-0.05, 0) is 31.9 Å². The molecule has 0 spiro atoms. The second kappa shape index (κ2) is 4.78. The number of fused-ring (bicyclic) bond motifs is 1. The summed E-state index contributed by atoms with van der Waals surface area (Å²) in [4.78, 5) is 4.89. The lowest BCUT2D eigenvalue weighted by Gasteiger charge is -2.39. The molecule has 1 aromatic rings. The normalized spacial score (nSPS) is 28.0. The summed E-state index contributed by atoms with van der Waals surface area (Å²) in [5.41, 5.74) is 8.65. The Morgan fingerprint density at radius 2 is 2.22 bits per heavy atom. The van der Waals surface area contributed by atoms with E-state index in [-0.39, 0.29) is 6.29 Å². The van der Waals surface area contributed by atoms with E-state index in [1.807, 2.05) is 0 Å². The van der Waals surface area contributed by atoms with E-state index in [4.69, 9.17) is 5.73 Å². The van der Waals surface area contributed by atoms with Crippen LogP contribution in [-0.4, -0.2) is 36.9 Å². The highest BCUT2D eigenvalue weighted by Crippen LogP contribution is 2.35. The van der Waals surface area contributed by atoms with E-state index in [1.165, 1.54) is 17.8 Å². The predicted molar refractivity (Wildman–Crippen MR) is 75.7 cm³/mol. The minimum absolute atomic E-state index is 0.277. The van der Waals surface area contributed by atoms with Gasteiger partial charge in [0, 0.05) is 25.7 Å². The first-order chi connectivity index (χ1) is 8.79. The smallest absolute Gasteiger partial charge is 0.158 e. The Labute approximate surface area is 109 Å².